The molecule has 0 atom stereocenters. The smallest absolute Gasteiger partial charge is 0.103 e. The van der Waals surface area contributed by atoms with Crippen molar-refractivity contribution >= 4 is 20.9 Å². The van der Waals surface area contributed by atoms with Crippen molar-refractivity contribution in [1.82, 2.24) is 4.98 Å². The third-order valence-electron chi connectivity index (χ3n) is 2.11. The van der Waals surface area contributed by atoms with E-state index in [0.717, 1.165) is 5.39 Å². The summed E-state index contributed by atoms with van der Waals surface area (Å²) in [6.45, 7) is 0. The van der Waals surface area contributed by atoms with E-state index in [1.165, 1.54) is 13.1 Å². The minimum atomic E-state index is -3.56. The van der Waals surface area contributed by atoms with Gasteiger partial charge in [0.1, 0.15) is 10.0 Å². The first kappa shape index (κ1) is 16.6. The summed E-state index contributed by atoms with van der Waals surface area (Å²) in [5, 5.41) is 0.794. The average molecular weight is 325 g/mol. The van der Waals surface area contributed by atoms with Crippen molar-refractivity contribution in [3.05, 3.63) is 48.7 Å². The number of fused-ring (bicyclic) bond motifs is 1. The summed E-state index contributed by atoms with van der Waals surface area (Å²) in [6.07, 6.45) is 1.57. The van der Waals surface area contributed by atoms with Crippen molar-refractivity contribution in [2.24, 2.45) is 0 Å². The average Bonchev–Trinajstić information content (AvgIpc) is 2.28. The van der Waals surface area contributed by atoms with E-state index in [4.69, 9.17) is 0 Å². The zero-order valence-corrected chi connectivity index (χ0v) is 13.3. The van der Waals surface area contributed by atoms with Crippen molar-refractivity contribution in [2.75, 3.05) is 7.05 Å². The van der Waals surface area contributed by atoms with Gasteiger partial charge in [-0.15, -0.1) is 0 Å². The largest absolute Gasteiger partial charge is 0.547 e. The Morgan fingerprint density at radius 3 is 2.47 bits per heavy atom. The molecule has 0 saturated carbocycles. The van der Waals surface area contributed by atoms with E-state index >= 15 is 0 Å². The fourth-order valence-corrected chi connectivity index (χ4v) is 2.24. The first-order chi connectivity index (χ1) is 7.15. The predicted molar refractivity (Wildman–Crippen MR) is 64.6 cm³/mol. The molecule has 0 aliphatic rings. The van der Waals surface area contributed by atoms with Crippen LogP contribution in [0.3, 0.4) is 0 Å². The van der Waals surface area contributed by atoms with Crippen LogP contribution in [0.25, 0.3) is 15.6 Å². The molecule has 1 radical (unpaired) electrons. The van der Waals surface area contributed by atoms with E-state index in [9.17, 15) is 8.42 Å². The zero-order chi connectivity index (χ0) is 10.9. The van der Waals surface area contributed by atoms with Crippen LogP contribution < -0.4 is 0 Å². The van der Waals surface area contributed by atoms with Gasteiger partial charge in [0.2, 0.25) is 0 Å². The van der Waals surface area contributed by atoms with Crippen LogP contribution in [0.15, 0.2) is 41.4 Å². The van der Waals surface area contributed by atoms with E-state index in [1.807, 2.05) is 12.1 Å². The number of nitrogens with zero attached hydrogens (tertiary/aromatic N) is 2. The van der Waals surface area contributed by atoms with Gasteiger partial charge in [0.05, 0.1) is 10.4 Å². The molecule has 0 fully saturated rings. The number of hydrogen-bond donors (Lipinski definition) is 0. The van der Waals surface area contributed by atoms with Crippen LogP contribution in [0, 0.1) is 7.43 Å². The quantitative estimate of drug-likeness (QED) is 0.797. The molecule has 0 amide bonds. The maximum absolute atomic E-state index is 11.6. The van der Waals surface area contributed by atoms with E-state index in [-0.39, 0.29) is 45.0 Å². The molecule has 0 N–H and O–H groups in total. The van der Waals surface area contributed by atoms with Gasteiger partial charge in [-0.2, -0.15) is 7.05 Å². The van der Waals surface area contributed by atoms with Crippen LogP contribution in [0.1, 0.15) is 0 Å². The fraction of sp³-hybridized carbons (Fsp3) is 0.0909. The van der Waals surface area contributed by atoms with Gasteiger partial charge in [-0.25, -0.2) is 8.42 Å². The molecule has 0 aliphatic heterocycles. The van der Waals surface area contributed by atoms with E-state index in [1.54, 1.807) is 18.3 Å². The Morgan fingerprint density at radius 1 is 1.18 bits per heavy atom. The molecule has 1 heterocycles. The summed E-state index contributed by atoms with van der Waals surface area (Å²) >= 11 is 0. The van der Waals surface area contributed by atoms with Crippen LogP contribution in [-0.4, -0.2) is 20.4 Å². The second-order valence-electron chi connectivity index (χ2n) is 2.99. The van der Waals surface area contributed by atoms with Gasteiger partial charge in [0.15, 0.2) is 0 Å². The summed E-state index contributed by atoms with van der Waals surface area (Å²) in [4.78, 5) is 4.21. The molecule has 6 heteroatoms. The van der Waals surface area contributed by atoms with Gasteiger partial charge in [0.25, 0.3) is 0 Å². The fourth-order valence-electron chi connectivity index (χ4n) is 1.38. The molecule has 89 valence electrons. The maximum atomic E-state index is 11.6. The van der Waals surface area contributed by atoms with Crippen LogP contribution in [0.2, 0.25) is 0 Å². The molecular weight excluding hydrogens is 313 g/mol. The number of benzene rings is 1. The summed E-state index contributed by atoms with van der Waals surface area (Å²) in [5.74, 6) is 0. The Bertz CT molecular complexity index is 594. The summed E-state index contributed by atoms with van der Waals surface area (Å²) in [6, 6.07) is 8.59. The molecule has 2 rings (SSSR count). The van der Waals surface area contributed by atoms with Crippen molar-refractivity contribution in [1.29, 1.82) is 0 Å². The second kappa shape index (κ2) is 6.54. The van der Waals surface area contributed by atoms with E-state index < -0.39 is 10.0 Å². The predicted octanol–water partition coefficient (Wildman–Crippen LogP) is 2.37. The van der Waals surface area contributed by atoms with Crippen LogP contribution in [0.4, 0.5) is 0 Å². The number of rotatable bonds is 2. The normalized spacial score (nSPS) is 10.4. The Hall–Kier alpha value is -0.356. The minimum absolute atomic E-state index is 0. The second-order valence-corrected chi connectivity index (χ2v) is 4.74. The third kappa shape index (κ3) is 3.31. The maximum Gasteiger partial charge on any atom is 0.103 e. The minimum Gasteiger partial charge on any atom is -0.547 e. The molecule has 0 bridgehead atoms. The van der Waals surface area contributed by atoms with Crippen LogP contribution in [0.5, 0.6) is 0 Å². The molecule has 2 aromatic rings. The number of sulfonamides is 1. The summed E-state index contributed by atoms with van der Waals surface area (Å²) in [5.41, 5.74) is 0.464. The Morgan fingerprint density at radius 2 is 1.82 bits per heavy atom. The molecule has 1 aromatic heterocycles. The molecule has 1 aromatic carbocycles. The molecule has 0 aliphatic carbocycles. The van der Waals surface area contributed by atoms with Crippen molar-refractivity contribution in [3.8, 4) is 0 Å². The van der Waals surface area contributed by atoms with Gasteiger partial charge in [-0.1, -0.05) is 18.2 Å². The van der Waals surface area contributed by atoms with Crippen LogP contribution in [-0.2, 0) is 42.7 Å². The molecule has 0 unspecified atom stereocenters. The number of hydrogen-bond acceptors (Lipinski definition) is 3. The van der Waals surface area contributed by atoms with E-state index in [0.29, 0.717) is 5.52 Å². The number of aromatic nitrogens is 1. The van der Waals surface area contributed by atoms with Gasteiger partial charge >= 0.3 is 0 Å². The number of pyridine rings is 1. The first-order valence-electron chi connectivity index (χ1n) is 4.35. The molecular formula is C11H12N2O2SY-2. The third-order valence-corrected chi connectivity index (χ3v) is 3.48. The standard InChI is InChI=1S/C10H9N2O2S.CH3.Y/c1-11-15(13,14)9-6-2-4-8-5-3-7-12-10(8)9;;/h2-7H,1H3;1H3;/q2*-1;. The Balaban J connectivity index is 0.00000128. The molecule has 17 heavy (non-hydrogen) atoms. The Labute approximate surface area is 127 Å². The van der Waals surface area contributed by atoms with Crippen LogP contribution >= 0.6 is 0 Å². The summed E-state index contributed by atoms with van der Waals surface area (Å²) < 4.78 is 26.6. The monoisotopic (exact) mass is 325 g/mol. The van der Waals surface area contributed by atoms with E-state index in [2.05, 4.69) is 9.71 Å². The topological polar surface area (TPSA) is 61.1 Å². The zero-order valence-electron chi connectivity index (χ0n) is 9.66. The van der Waals surface area contributed by atoms with Crippen molar-refractivity contribution in [2.45, 2.75) is 4.90 Å². The van der Waals surface area contributed by atoms with Gasteiger partial charge < -0.3 is 12.1 Å². The SMILES string of the molecule is C[N-]S(=O)(=O)c1cccc2cccnc12.[CH3-].[Y]. The Kier molecular flexibility index (Phi) is 6.41. The molecule has 4 nitrogen and oxygen atoms in total. The summed E-state index contributed by atoms with van der Waals surface area (Å²) in [7, 11) is -2.30. The van der Waals surface area contributed by atoms with Gasteiger partial charge in [-0.3, -0.25) is 4.98 Å². The molecule has 0 spiro atoms. The van der Waals surface area contributed by atoms with Crippen molar-refractivity contribution in [3.63, 3.8) is 0 Å². The van der Waals surface area contributed by atoms with Gasteiger partial charge in [-0.05, 0) is 12.1 Å². The number of para-hydroxylation sites is 1. The first-order valence-corrected chi connectivity index (χ1v) is 5.79. The van der Waals surface area contributed by atoms with Gasteiger partial charge in [0, 0.05) is 44.3 Å². The molecule has 0 saturated heterocycles. The van der Waals surface area contributed by atoms with Crippen molar-refractivity contribution < 1.29 is 41.1 Å².